The van der Waals surface area contributed by atoms with Gasteiger partial charge in [0.1, 0.15) is 18.0 Å². The van der Waals surface area contributed by atoms with E-state index in [-0.39, 0.29) is 29.7 Å². The smallest absolute Gasteiger partial charge is 0.446 e. The van der Waals surface area contributed by atoms with Gasteiger partial charge in [-0.3, -0.25) is 4.55 Å². The van der Waals surface area contributed by atoms with Crippen LogP contribution in [0, 0.1) is 0 Å². The third kappa shape index (κ3) is 4.40. The van der Waals surface area contributed by atoms with Gasteiger partial charge in [0.2, 0.25) is 5.95 Å². The maximum atomic E-state index is 12.3. The van der Waals surface area contributed by atoms with Crippen LogP contribution in [0.2, 0.25) is 0 Å². The van der Waals surface area contributed by atoms with E-state index in [1.165, 1.54) is 24.3 Å². The van der Waals surface area contributed by atoms with Gasteiger partial charge in [0.25, 0.3) is 0 Å². The van der Waals surface area contributed by atoms with Crippen LogP contribution >= 0.6 is 0 Å². The Kier molecular flexibility index (Phi) is 4.79. The van der Waals surface area contributed by atoms with Gasteiger partial charge in [-0.05, 0) is 29.8 Å². The third-order valence-electron chi connectivity index (χ3n) is 3.48. The van der Waals surface area contributed by atoms with Crippen molar-refractivity contribution in [1.82, 2.24) is 9.97 Å². The second-order valence-corrected chi connectivity index (χ2v) is 6.42. The van der Waals surface area contributed by atoms with Gasteiger partial charge in [-0.1, -0.05) is 18.2 Å². The molecule has 0 aliphatic carbocycles. The average Bonchev–Trinajstić information content (AvgIpc) is 2.59. The first-order chi connectivity index (χ1) is 12.7. The van der Waals surface area contributed by atoms with E-state index in [0.717, 1.165) is 0 Å². The summed E-state index contributed by atoms with van der Waals surface area (Å²) in [4.78, 5) is 20.2. The first-order valence-electron chi connectivity index (χ1n) is 7.47. The number of aromatic nitrogens is 2. The number of nitrogens with zero attached hydrogens (tertiary/aromatic N) is 2. The molecule has 0 amide bonds. The lowest BCUT2D eigenvalue weighted by molar-refractivity contribution is 0.0471. The van der Waals surface area contributed by atoms with Crippen molar-refractivity contribution in [2.45, 2.75) is 6.61 Å². The number of para-hydroxylation sites is 1. The van der Waals surface area contributed by atoms with Crippen LogP contribution in [0.5, 0.6) is 5.75 Å². The Hall–Kier alpha value is -3.44. The number of ether oxygens (including phenoxy) is 1. The summed E-state index contributed by atoms with van der Waals surface area (Å²) < 4.78 is 40.1. The van der Waals surface area contributed by atoms with Crippen LogP contribution in [0.3, 0.4) is 0 Å². The number of fused-ring (bicyclic) bond motifs is 1. The summed E-state index contributed by atoms with van der Waals surface area (Å²) in [7, 11) is -4.78. The van der Waals surface area contributed by atoms with Crippen molar-refractivity contribution in [1.29, 1.82) is 0 Å². The summed E-state index contributed by atoms with van der Waals surface area (Å²) in [6, 6.07) is 10.4. The molecule has 3 aromatic rings. The van der Waals surface area contributed by atoms with Crippen molar-refractivity contribution in [2.24, 2.45) is 0 Å². The van der Waals surface area contributed by atoms with Crippen molar-refractivity contribution in [3.8, 4) is 5.75 Å². The maximum Gasteiger partial charge on any atom is 0.446 e. The zero-order chi connectivity index (χ0) is 19.6. The van der Waals surface area contributed by atoms with E-state index in [1.54, 1.807) is 18.2 Å². The van der Waals surface area contributed by atoms with Crippen LogP contribution in [-0.4, -0.2) is 28.9 Å². The fourth-order valence-corrected chi connectivity index (χ4v) is 2.73. The number of anilines is 2. The largest absolute Gasteiger partial charge is 0.457 e. The highest BCUT2D eigenvalue weighted by Crippen LogP contribution is 2.23. The monoisotopic (exact) mass is 390 g/mol. The van der Waals surface area contributed by atoms with Crippen LogP contribution in [0.15, 0.2) is 42.5 Å². The lowest BCUT2D eigenvalue weighted by Crippen LogP contribution is -2.12. The SMILES string of the molecule is Nc1nc(N)c2cc(COC(=O)c3ccccc3OS(=O)(=O)O)ccc2n1. The second kappa shape index (κ2) is 7.05. The highest BCUT2D eigenvalue weighted by Gasteiger charge is 2.18. The summed E-state index contributed by atoms with van der Waals surface area (Å²) in [5.74, 6) is -0.945. The van der Waals surface area contributed by atoms with Gasteiger partial charge in [0.05, 0.1) is 5.52 Å². The Morgan fingerprint density at radius 3 is 2.59 bits per heavy atom. The van der Waals surface area contributed by atoms with Gasteiger partial charge in [-0.2, -0.15) is 13.4 Å². The number of carbonyl (C=O) groups is 1. The number of carbonyl (C=O) groups excluding carboxylic acids is 1. The van der Waals surface area contributed by atoms with E-state index < -0.39 is 16.4 Å². The molecule has 0 atom stereocenters. The molecule has 1 heterocycles. The first-order valence-corrected chi connectivity index (χ1v) is 8.84. The molecule has 140 valence electrons. The maximum absolute atomic E-state index is 12.3. The predicted octanol–water partition coefficient (Wildman–Crippen LogP) is 1.33. The molecule has 2 aromatic carbocycles. The predicted molar refractivity (Wildman–Crippen MR) is 96.1 cm³/mol. The summed E-state index contributed by atoms with van der Waals surface area (Å²) in [5, 5.41) is 0.549. The fraction of sp³-hybridized carbons (Fsp3) is 0.0625. The highest BCUT2D eigenvalue weighted by atomic mass is 32.3. The Labute approximate surface area is 153 Å². The molecule has 5 N–H and O–H groups in total. The van der Waals surface area contributed by atoms with E-state index in [1.807, 2.05) is 0 Å². The van der Waals surface area contributed by atoms with Gasteiger partial charge in [0.15, 0.2) is 5.75 Å². The molecule has 3 rings (SSSR count). The molecule has 0 radical (unpaired) electrons. The summed E-state index contributed by atoms with van der Waals surface area (Å²) in [5.41, 5.74) is 12.3. The molecule has 1 aromatic heterocycles. The first kappa shape index (κ1) is 18.4. The Bertz CT molecular complexity index is 1130. The summed E-state index contributed by atoms with van der Waals surface area (Å²) >= 11 is 0. The van der Waals surface area contributed by atoms with E-state index in [0.29, 0.717) is 16.5 Å². The van der Waals surface area contributed by atoms with Gasteiger partial charge >= 0.3 is 16.4 Å². The molecule has 10 nitrogen and oxygen atoms in total. The summed E-state index contributed by atoms with van der Waals surface area (Å²) in [6.07, 6.45) is 0. The van der Waals surface area contributed by atoms with Crippen LogP contribution in [-0.2, 0) is 21.7 Å². The number of hydrogen-bond acceptors (Lipinski definition) is 9. The minimum atomic E-state index is -4.78. The molecular formula is C16H14N4O6S. The van der Waals surface area contributed by atoms with Crippen LogP contribution in [0.4, 0.5) is 11.8 Å². The van der Waals surface area contributed by atoms with Crippen LogP contribution in [0.1, 0.15) is 15.9 Å². The standard InChI is InChI=1S/C16H14N4O6S/c17-14-11-7-9(5-6-12(11)19-16(18)20-14)8-25-15(21)10-3-1-2-4-13(10)26-27(22,23)24/h1-7H,8H2,(H,22,23,24)(H4,17,18,19,20). The molecule has 0 saturated heterocycles. The van der Waals surface area contributed by atoms with Crippen LogP contribution < -0.4 is 15.7 Å². The Morgan fingerprint density at radius 1 is 1.11 bits per heavy atom. The van der Waals surface area contributed by atoms with Crippen molar-refractivity contribution in [2.75, 3.05) is 11.5 Å². The van der Waals surface area contributed by atoms with Gasteiger partial charge in [0, 0.05) is 5.39 Å². The molecule has 0 bridgehead atoms. The van der Waals surface area contributed by atoms with Gasteiger partial charge in [-0.15, -0.1) is 0 Å². The van der Waals surface area contributed by atoms with Crippen LogP contribution in [0.25, 0.3) is 10.9 Å². The highest BCUT2D eigenvalue weighted by molar-refractivity contribution is 7.81. The second-order valence-electron chi connectivity index (χ2n) is 5.40. The topological polar surface area (TPSA) is 168 Å². The molecule has 0 fully saturated rings. The van der Waals surface area contributed by atoms with Gasteiger partial charge < -0.3 is 20.4 Å². The molecule has 0 spiro atoms. The zero-order valence-electron chi connectivity index (χ0n) is 13.7. The number of nitrogens with two attached hydrogens (primary N) is 2. The summed E-state index contributed by atoms with van der Waals surface area (Å²) in [6.45, 7) is -0.126. The number of hydrogen-bond donors (Lipinski definition) is 3. The van der Waals surface area contributed by atoms with Crippen molar-refractivity contribution < 1.29 is 26.7 Å². The Morgan fingerprint density at radius 2 is 1.85 bits per heavy atom. The quantitative estimate of drug-likeness (QED) is 0.427. The van der Waals surface area contributed by atoms with Gasteiger partial charge in [-0.25, -0.2) is 9.78 Å². The van der Waals surface area contributed by atoms with Crippen molar-refractivity contribution in [3.63, 3.8) is 0 Å². The fourth-order valence-electron chi connectivity index (χ4n) is 2.36. The molecule has 11 heteroatoms. The minimum Gasteiger partial charge on any atom is -0.457 e. The lowest BCUT2D eigenvalue weighted by Gasteiger charge is -2.10. The lowest BCUT2D eigenvalue weighted by atomic mass is 10.1. The number of esters is 1. The zero-order valence-corrected chi connectivity index (χ0v) is 14.5. The number of benzene rings is 2. The number of nitrogen functional groups attached to an aromatic ring is 2. The molecular weight excluding hydrogens is 376 g/mol. The molecule has 0 aliphatic heterocycles. The van der Waals surface area contributed by atoms with Crippen molar-refractivity contribution in [3.05, 3.63) is 53.6 Å². The minimum absolute atomic E-state index is 0.0506. The van der Waals surface area contributed by atoms with E-state index >= 15 is 0 Å². The molecule has 0 unspecified atom stereocenters. The normalized spacial score (nSPS) is 11.3. The van der Waals surface area contributed by atoms with E-state index in [2.05, 4.69) is 14.2 Å². The average molecular weight is 390 g/mol. The molecule has 0 aliphatic rings. The third-order valence-corrected chi connectivity index (χ3v) is 3.87. The molecule has 27 heavy (non-hydrogen) atoms. The molecule has 0 saturated carbocycles. The van der Waals surface area contributed by atoms with Crippen molar-refractivity contribution >= 4 is 39.0 Å². The van der Waals surface area contributed by atoms with E-state index in [4.69, 9.17) is 20.8 Å². The Balaban J connectivity index is 1.79. The van der Waals surface area contributed by atoms with E-state index in [9.17, 15) is 13.2 Å². The number of rotatable bonds is 5.